The fourth-order valence-electron chi connectivity index (χ4n) is 3.76. The molecule has 0 aromatic heterocycles. The van der Waals surface area contributed by atoms with Crippen LogP contribution in [0.4, 0.5) is 4.39 Å². The molecule has 0 saturated carbocycles. The van der Waals surface area contributed by atoms with Gasteiger partial charge in [0.1, 0.15) is 18.2 Å². The molecule has 0 fully saturated rings. The van der Waals surface area contributed by atoms with E-state index >= 15 is 0 Å². The third kappa shape index (κ3) is 5.57. The quantitative estimate of drug-likeness (QED) is 0.340. The van der Waals surface area contributed by atoms with Gasteiger partial charge >= 0.3 is 0 Å². The van der Waals surface area contributed by atoms with E-state index in [4.69, 9.17) is 14.2 Å². The van der Waals surface area contributed by atoms with Gasteiger partial charge in [-0.25, -0.2) is 4.39 Å². The summed E-state index contributed by atoms with van der Waals surface area (Å²) in [6, 6.07) is 20.9. The summed E-state index contributed by atoms with van der Waals surface area (Å²) in [5, 5.41) is 0.374. The molecular weight excluding hydrogens is 410 g/mol. The van der Waals surface area contributed by atoms with Crippen LogP contribution < -0.4 is 19.5 Å². The summed E-state index contributed by atoms with van der Waals surface area (Å²) in [5.74, 6) is 1.82. The summed E-state index contributed by atoms with van der Waals surface area (Å²) in [4.78, 5) is 0. The van der Waals surface area contributed by atoms with Crippen molar-refractivity contribution in [1.82, 2.24) is 0 Å². The van der Waals surface area contributed by atoms with Gasteiger partial charge in [0, 0.05) is 22.1 Å². The number of hydrogen-bond donors (Lipinski definition) is 0. The van der Waals surface area contributed by atoms with E-state index in [1.807, 2.05) is 54.6 Å². The Hall–Kier alpha value is -2.58. The average Bonchev–Trinajstić information content (AvgIpc) is 2.79. The number of benzene rings is 3. The molecule has 0 radical (unpaired) electrons. The van der Waals surface area contributed by atoms with Gasteiger partial charge in [0.25, 0.3) is 0 Å². The topological polar surface area (TPSA) is 27.7 Å². The van der Waals surface area contributed by atoms with E-state index in [9.17, 15) is 4.39 Å². The van der Waals surface area contributed by atoms with Gasteiger partial charge in [0.2, 0.25) is 0 Å². The summed E-state index contributed by atoms with van der Waals surface area (Å²) in [5.41, 5.74) is 2.04. The van der Waals surface area contributed by atoms with Gasteiger partial charge in [-0.1, -0.05) is 77.4 Å². The summed E-state index contributed by atoms with van der Waals surface area (Å²) in [6.45, 7) is 4.73. The molecule has 0 bridgehead atoms. The molecule has 0 aliphatic heterocycles. The van der Waals surface area contributed by atoms with Crippen molar-refractivity contribution in [3.05, 3.63) is 83.7 Å². The lowest BCUT2D eigenvalue weighted by molar-refractivity contribution is 0.276. The molecule has 164 valence electrons. The largest absolute Gasteiger partial charge is 0.497 e. The molecule has 31 heavy (non-hydrogen) atoms. The molecular formula is C26H30FO3P. The van der Waals surface area contributed by atoms with Crippen molar-refractivity contribution < 1.29 is 18.6 Å². The molecule has 5 heteroatoms. The maximum Gasteiger partial charge on any atom is 0.166 e. The first kappa shape index (κ1) is 23.1. The van der Waals surface area contributed by atoms with Crippen molar-refractivity contribution in [3.8, 4) is 17.2 Å². The third-order valence-electron chi connectivity index (χ3n) is 5.34. The predicted octanol–water partition coefficient (Wildman–Crippen LogP) is 6.44. The molecule has 0 aliphatic rings. The number of methoxy groups -OCH3 is 2. The van der Waals surface area contributed by atoms with Crippen LogP contribution in [0.1, 0.15) is 37.8 Å². The Morgan fingerprint density at radius 1 is 0.935 bits per heavy atom. The molecule has 3 aromatic carbocycles. The second kappa shape index (κ2) is 10.6. The van der Waals surface area contributed by atoms with Crippen LogP contribution >= 0.6 is 8.58 Å². The first-order valence-electron chi connectivity index (χ1n) is 10.5. The van der Waals surface area contributed by atoms with E-state index in [0.29, 0.717) is 29.2 Å². The van der Waals surface area contributed by atoms with Crippen LogP contribution in [0, 0.1) is 5.82 Å². The minimum absolute atomic E-state index is 0.176. The summed E-state index contributed by atoms with van der Waals surface area (Å²) >= 11 is 0. The minimum Gasteiger partial charge on any atom is -0.497 e. The van der Waals surface area contributed by atoms with Crippen LogP contribution in [-0.2, 0) is 11.8 Å². The molecule has 0 amide bonds. The van der Waals surface area contributed by atoms with Crippen LogP contribution in [0.25, 0.3) is 0 Å². The Kier molecular flexibility index (Phi) is 7.92. The second-order valence-corrected chi connectivity index (χ2v) is 9.56. The normalized spacial score (nSPS) is 13.2. The van der Waals surface area contributed by atoms with Crippen molar-refractivity contribution in [1.29, 1.82) is 0 Å². The van der Waals surface area contributed by atoms with Crippen molar-refractivity contribution in [3.63, 3.8) is 0 Å². The molecule has 3 aromatic rings. The first-order valence-corrected chi connectivity index (χ1v) is 11.5. The molecule has 3 nitrogen and oxygen atoms in total. The highest BCUT2D eigenvalue weighted by Crippen LogP contribution is 2.52. The molecule has 2 atom stereocenters. The average molecular weight is 440 g/mol. The van der Waals surface area contributed by atoms with Crippen molar-refractivity contribution in [2.75, 3.05) is 14.2 Å². The Labute approximate surface area is 186 Å². The molecule has 0 aliphatic carbocycles. The first-order chi connectivity index (χ1) is 15.0. The maximum absolute atomic E-state index is 14.6. The smallest absolute Gasteiger partial charge is 0.166 e. The van der Waals surface area contributed by atoms with E-state index in [2.05, 4.69) is 13.8 Å². The van der Waals surface area contributed by atoms with Gasteiger partial charge in [0.05, 0.1) is 14.2 Å². The monoisotopic (exact) mass is 440 g/mol. The number of rotatable bonds is 10. The second-order valence-electron chi connectivity index (χ2n) is 7.67. The summed E-state index contributed by atoms with van der Waals surface area (Å²) in [6.07, 6.45) is 1.83. The maximum atomic E-state index is 14.6. The number of ether oxygens (including phenoxy) is 3. The summed E-state index contributed by atoms with van der Waals surface area (Å²) < 4.78 is 32.1. The minimum atomic E-state index is -0.342. The summed E-state index contributed by atoms with van der Waals surface area (Å²) in [7, 11) is 3.50. The predicted molar refractivity (Wildman–Crippen MR) is 127 cm³/mol. The highest BCUT2D eigenvalue weighted by atomic mass is 31.1. The van der Waals surface area contributed by atoms with Crippen LogP contribution in [0.5, 0.6) is 17.2 Å². The van der Waals surface area contributed by atoms with Gasteiger partial charge in [-0.05, 0) is 24.1 Å². The van der Waals surface area contributed by atoms with Crippen molar-refractivity contribution >= 4 is 13.9 Å². The van der Waals surface area contributed by atoms with E-state index < -0.39 is 0 Å². The van der Waals surface area contributed by atoms with Gasteiger partial charge in [-0.2, -0.15) is 0 Å². The van der Waals surface area contributed by atoms with Crippen molar-refractivity contribution in [2.24, 2.45) is 0 Å². The molecule has 0 N–H and O–H groups in total. The van der Waals surface area contributed by atoms with Crippen LogP contribution in [-0.4, -0.2) is 14.2 Å². The third-order valence-corrected chi connectivity index (χ3v) is 7.08. The fraction of sp³-hybridized carbons (Fsp3) is 0.308. The lowest BCUT2D eigenvalue weighted by atomic mass is 9.93. The van der Waals surface area contributed by atoms with E-state index in [1.165, 1.54) is 6.07 Å². The lowest BCUT2D eigenvalue weighted by Gasteiger charge is -2.33. The zero-order valence-corrected chi connectivity index (χ0v) is 19.6. The highest BCUT2D eigenvalue weighted by molar-refractivity contribution is 7.48. The van der Waals surface area contributed by atoms with E-state index in [1.54, 1.807) is 20.3 Å². The zero-order valence-electron chi connectivity index (χ0n) is 18.6. The Morgan fingerprint density at radius 2 is 1.65 bits per heavy atom. The Morgan fingerprint density at radius 3 is 2.29 bits per heavy atom. The van der Waals surface area contributed by atoms with Crippen LogP contribution in [0.3, 0.4) is 0 Å². The van der Waals surface area contributed by atoms with E-state index in [0.717, 1.165) is 24.0 Å². The fourth-order valence-corrected chi connectivity index (χ4v) is 5.43. The van der Waals surface area contributed by atoms with Gasteiger partial charge in [-0.3, -0.25) is 0 Å². The van der Waals surface area contributed by atoms with Gasteiger partial charge in [-0.15, -0.1) is 0 Å². The SMILES string of the molecule is CCCC(C)(Pc1ccccc1F)c1cc(OC)cc(OC)c1OCc1ccccc1. The van der Waals surface area contributed by atoms with E-state index in [-0.39, 0.29) is 19.6 Å². The van der Waals surface area contributed by atoms with Crippen molar-refractivity contribution in [2.45, 2.75) is 38.5 Å². The van der Waals surface area contributed by atoms with Gasteiger partial charge < -0.3 is 14.2 Å². The van der Waals surface area contributed by atoms with Gasteiger partial charge in [0.15, 0.2) is 11.5 Å². The Balaban J connectivity index is 2.08. The lowest BCUT2D eigenvalue weighted by Crippen LogP contribution is -2.22. The molecule has 3 rings (SSSR count). The standard InChI is InChI=1S/C26H30FO3P/c1-5-15-26(2,31-24-14-10-9-13-22(24)27)21-16-20(28-3)17-23(29-4)25(21)30-18-19-11-7-6-8-12-19/h6-14,16-17,31H,5,15,18H2,1-4H3. The number of halogens is 1. The molecule has 2 unspecified atom stereocenters. The highest BCUT2D eigenvalue weighted by Gasteiger charge is 2.33. The Bertz CT molecular complexity index is 993. The van der Waals surface area contributed by atoms with Crippen LogP contribution in [0.2, 0.25) is 0 Å². The van der Waals surface area contributed by atoms with Crippen LogP contribution in [0.15, 0.2) is 66.7 Å². The molecule has 0 spiro atoms. The number of hydrogen-bond acceptors (Lipinski definition) is 3. The molecule has 0 heterocycles. The zero-order chi connectivity index (χ0) is 22.3. The molecule has 0 saturated heterocycles.